The Morgan fingerprint density at radius 3 is 2.38 bits per heavy atom. The number of benzene rings is 2. The molecule has 6 heteroatoms. The van der Waals surface area contributed by atoms with Gasteiger partial charge in [-0.25, -0.2) is 0 Å². The first-order valence-electron chi connectivity index (χ1n) is 7.66. The molecular formula is C18H16Cl4N2. The van der Waals surface area contributed by atoms with E-state index in [0.29, 0.717) is 26.6 Å². The number of rotatable bonds is 5. The minimum Gasteiger partial charge on any atom is -0.353 e. The van der Waals surface area contributed by atoms with Crippen molar-refractivity contribution in [1.29, 1.82) is 0 Å². The fourth-order valence-corrected chi connectivity index (χ4v) is 3.72. The van der Waals surface area contributed by atoms with Gasteiger partial charge in [0.05, 0.1) is 20.6 Å². The van der Waals surface area contributed by atoms with E-state index in [-0.39, 0.29) is 0 Å². The molecule has 0 aliphatic rings. The number of hydrogen-bond acceptors (Lipinski definition) is 1. The molecule has 0 aliphatic carbocycles. The van der Waals surface area contributed by atoms with E-state index in [1.165, 1.54) is 5.56 Å². The number of nitrogens with two attached hydrogens (primary N) is 1. The summed E-state index contributed by atoms with van der Waals surface area (Å²) in [5.41, 5.74) is 9.64. The van der Waals surface area contributed by atoms with E-state index >= 15 is 0 Å². The van der Waals surface area contributed by atoms with Crippen molar-refractivity contribution in [2.45, 2.75) is 19.3 Å². The fraction of sp³-hybridized carbons (Fsp3) is 0.222. The standard InChI is InChI=1S/C18H16Cl4N2/c19-11-8-13-12(3-1-2-6-23)17(24-18(13)16(22)9-11)10-4-5-14(20)15(21)7-10/h4-5,7-9,24H,1-3,6,23H2. The van der Waals surface area contributed by atoms with Crippen molar-refractivity contribution in [1.82, 2.24) is 4.98 Å². The SMILES string of the molecule is NCCCCc1c(-c2ccc(Cl)c(Cl)c2)[nH]c2c(Cl)cc(Cl)cc12. The van der Waals surface area contributed by atoms with Crippen LogP contribution in [-0.2, 0) is 6.42 Å². The van der Waals surface area contributed by atoms with Gasteiger partial charge >= 0.3 is 0 Å². The molecule has 0 atom stereocenters. The molecule has 3 N–H and O–H groups in total. The Labute approximate surface area is 160 Å². The maximum absolute atomic E-state index is 6.37. The third-order valence-corrected chi connectivity index (χ3v) is 5.28. The van der Waals surface area contributed by atoms with Gasteiger partial charge in [0.2, 0.25) is 0 Å². The molecule has 2 nitrogen and oxygen atoms in total. The number of aromatic nitrogens is 1. The highest BCUT2D eigenvalue weighted by molar-refractivity contribution is 6.42. The second-order valence-electron chi connectivity index (χ2n) is 5.66. The van der Waals surface area contributed by atoms with Crippen molar-refractivity contribution >= 4 is 57.3 Å². The van der Waals surface area contributed by atoms with Crippen molar-refractivity contribution in [3.63, 3.8) is 0 Å². The molecule has 3 aromatic rings. The van der Waals surface area contributed by atoms with E-state index in [1.54, 1.807) is 12.1 Å². The van der Waals surface area contributed by atoms with Gasteiger partial charge in [0.1, 0.15) is 0 Å². The van der Waals surface area contributed by atoms with Crippen molar-refractivity contribution in [3.05, 3.63) is 56.0 Å². The Bertz CT molecular complexity index is 886. The zero-order chi connectivity index (χ0) is 17.3. The van der Waals surface area contributed by atoms with Crippen LogP contribution in [0.4, 0.5) is 0 Å². The normalized spacial score (nSPS) is 11.4. The fourth-order valence-electron chi connectivity index (χ4n) is 2.88. The van der Waals surface area contributed by atoms with Crippen LogP contribution in [0.25, 0.3) is 22.2 Å². The van der Waals surface area contributed by atoms with Crippen LogP contribution < -0.4 is 5.73 Å². The second-order valence-corrected chi connectivity index (χ2v) is 7.32. The van der Waals surface area contributed by atoms with E-state index in [0.717, 1.165) is 41.4 Å². The van der Waals surface area contributed by atoms with Gasteiger partial charge in [-0.3, -0.25) is 0 Å². The summed E-state index contributed by atoms with van der Waals surface area (Å²) in [5.74, 6) is 0. The summed E-state index contributed by atoms with van der Waals surface area (Å²) < 4.78 is 0. The first kappa shape index (κ1) is 17.9. The number of nitrogens with one attached hydrogen (secondary N) is 1. The van der Waals surface area contributed by atoms with Crippen LogP contribution in [0.5, 0.6) is 0 Å². The molecule has 0 fully saturated rings. The molecule has 0 spiro atoms. The zero-order valence-corrected chi connectivity index (χ0v) is 15.8. The van der Waals surface area contributed by atoms with Crippen LogP contribution in [0.2, 0.25) is 20.1 Å². The van der Waals surface area contributed by atoms with E-state index in [4.69, 9.17) is 52.1 Å². The molecule has 0 amide bonds. The van der Waals surface area contributed by atoms with E-state index in [1.807, 2.05) is 18.2 Å². The maximum Gasteiger partial charge on any atom is 0.0662 e. The van der Waals surface area contributed by atoms with Crippen molar-refractivity contribution in [3.8, 4) is 11.3 Å². The second kappa shape index (κ2) is 7.55. The molecule has 126 valence electrons. The highest BCUT2D eigenvalue weighted by atomic mass is 35.5. The van der Waals surface area contributed by atoms with E-state index < -0.39 is 0 Å². The number of fused-ring (bicyclic) bond motifs is 1. The summed E-state index contributed by atoms with van der Waals surface area (Å²) in [7, 11) is 0. The molecule has 0 saturated heterocycles. The topological polar surface area (TPSA) is 41.8 Å². The predicted octanol–water partition coefficient (Wildman–Crippen LogP) is 6.73. The summed E-state index contributed by atoms with van der Waals surface area (Å²) in [4.78, 5) is 3.43. The number of unbranched alkanes of at least 4 members (excludes halogenated alkanes) is 1. The van der Waals surface area contributed by atoms with Gasteiger partial charge in [-0.05, 0) is 61.2 Å². The third kappa shape index (κ3) is 3.54. The summed E-state index contributed by atoms with van der Waals surface area (Å²) in [6.07, 6.45) is 2.83. The van der Waals surface area contributed by atoms with Crippen LogP contribution in [0, 0.1) is 0 Å². The number of halogens is 4. The Hall–Kier alpha value is -0.900. The monoisotopic (exact) mass is 400 g/mol. The maximum atomic E-state index is 6.37. The third-order valence-electron chi connectivity index (χ3n) is 4.02. The first-order chi connectivity index (χ1) is 11.5. The van der Waals surface area contributed by atoms with Gasteiger partial charge < -0.3 is 10.7 Å². The van der Waals surface area contributed by atoms with Crippen LogP contribution in [0.1, 0.15) is 18.4 Å². The van der Waals surface area contributed by atoms with Gasteiger partial charge in [-0.1, -0.05) is 52.5 Å². The van der Waals surface area contributed by atoms with E-state index in [9.17, 15) is 0 Å². The smallest absolute Gasteiger partial charge is 0.0662 e. The summed E-state index contributed by atoms with van der Waals surface area (Å²) in [6.45, 7) is 0.673. The molecule has 2 aromatic carbocycles. The zero-order valence-electron chi connectivity index (χ0n) is 12.8. The molecular weight excluding hydrogens is 386 g/mol. The van der Waals surface area contributed by atoms with Crippen LogP contribution in [-0.4, -0.2) is 11.5 Å². The number of H-pyrrole nitrogens is 1. The lowest BCUT2D eigenvalue weighted by Crippen LogP contribution is -1.99. The van der Waals surface area contributed by atoms with Gasteiger partial charge in [-0.2, -0.15) is 0 Å². The first-order valence-corrected chi connectivity index (χ1v) is 9.17. The number of hydrogen-bond donors (Lipinski definition) is 2. The lowest BCUT2D eigenvalue weighted by atomic mass is 10.0. The minimum atomic E-state index is 0.518. The Morgan fingerprint density at radius 2 is 1.67 bits per heavy atom. The van der Waals surface area contributed by atoms with Crippen molar-refractivity contribution < 1.29 is 0 Å². The van der Waals surface area contributed by atoms with Crippen molar-refractivity contribution in [2.24, 2.45) is 5.73 Å². The Morgan fingerprint density at radius 1 is 0.875 bits per heavy atom. The van der Waals surface area contributed by atoms with Crippen molar-refractivity contribution in [2.75, 3.05) is 6.54 Å². The molecule has 1 aromatic heterocycles. The summed E-state index contributed by atoms with van der Waals surface area (Å²) >= 11 is 24.8. The number of aromatic amines is 1. The van der Waals surface area contributed by atoms with Gasteiger partial charge in [0, 0.05) is 16.1 Å². The van der Waals surface area contributed by atoms with Crippen LogP contribution in [0.3, 0.4) is 0 Å². The Kier molecular flexibility index (Phi) is 5.63. The molecule has 0 radical (unpaired) electrons. The van der Waals surface area contributed by atoms with Gasteiger partial charge in [0.15, 0.2) is 0 Å². The minimum absolute atomic E-state index is 0.518. The molecule has 0 saturated carbocycles. The average Bonchev–Trinajstić information content (AvgIpc) is 2.89. The largest absolute Gasteiger partial charge is 0.353 e. The lowest BCUT2D eigenvalue weighted by molar-refractivity contribution is 0.748. The molecule has 0 bridgehead atoms. The summed E-state index contributed by atoms with van der Waals surface area (Å²) in [6, 6.07) is 9.28. The van der Waals surface area contributed by atoms with E-state index in [2.05, 4.69) is 4.98 Å². The Balaban J connectivity index is 2.19. The highest BCUT2D eigenvalue weighted by Gasteiger charge is 2.16. The molecule has 0 unspecified atom stereocenters. The average molecular weight is 402 g/mol. The molecule has 0 aliphatic heterocycles. The molecule has 24 heavy (non-hydrogen) atoms. The number of aryl methyl sites for hydroxylation is 1. The predicted molar refractivity (Wildman–Crippen MR) is 106 cm³/mol. The molecule has 1 heterocycles. The molecule has 3 rings (SSSR count). The quantitative estimate of drug-likeness (QED) is 0.457. The van der Waals surface area contributed by atoms with Crippen LogP contribution in [0.15, 0.2) is 30.3 Å². The van der Waals surface area contributed by atoms with Gasteiger partial charge in [0.25, 0.3) is 0 Å². The van der Waals surface area contributed by atoms with Gasteiger partial charge in [-0.15, -0.1) is 0 Å². The van der Waals surface area contributed by atoms with Crippen LogP contribution >= 0.6 is 46.4 Å². The lowest BCUT2D eigenvalue weighted by Gasteiger charge is -2.06. The summed E-state index contributed by atoms with van der Waals surface area (Å²) in [5, 5.41) is 3.30. The highest BCUT2D eigenvalue weighted by Crippen LogP contribution is 2.38.